The molecule has 1 nitrogen and oxygen atoms in total. The maximum absolute atomic E-state index is 3.69. The molecule has 1 heterocycles. The summed E-state index contributed by atoms with van der Waals surface area (Å²) >= 11 is 0. The molecule has 108 valence electrons. The van der Waals surface area contributed by atoms with Gasteiger partial charge in [0, 0.05) is 22.2 Å². The summed E-state index contributed by atoms with van der Waals surface area (Å²) in [5.41, 5.74) is 12.5. The fourth-order valence-electron chi connectivity index (χ4n) is 4.53. The summed E-state index contributed by atoms with van der Waals surface area (Å²) in [6.07, 6.45) is 2.23. The Kier molecular flexibility index (Phi) is 2.01. The first kappa shape index (κ1) is 11.7. The van der Waals surface area contributed by atoms with Crippen LogP contribution < -0.4 is 0 Å². The maximum Gasteiger partial charge on any atom is 0.0468 e. The second kappa shape index (κ2) is 3.94. The van der Waals surface area contributed by atoms with Crippen LogP contribution in [0.3, 0.4) is 0 Å². The van der Waals surface area contributed by atoms with Gasteiger partial charge in [-0.1, -0.05) is 54.6 Å². The number of aryl methyl sites for hydroxylation is 2. The average Bonchev–Trinajstić information content (AvgIpc) is 2.94. The van der Waals surface area contributed by atoms with E-state index >= 15 is 0 Å². The van der Waals surface area contributed by atoms with E-state index in [1.165, 1.54) is 55.5 Å². The highest BCUT2D eigenvalue weighted by Gasteiger charge is 2.28. The molecule has 0 bridgehead atoms. The van der Waals surface area contributed by atoms with Gasteiger partial charge in [0.2, 0.25) is 0 Å². The number of aromatic amines is 1. The fraction of sp³-hybridized carbons (Fsp3) is 0.0909. The largest absolute Gasteiger partial charge is 0.358 e. The highest BCUT2D eigenvalue weighted by Crippen LogP contribution is 2.51. The van der Waals surface area contributed by atoms with Crippen molar-refractivity contribution in [3.8, 4) is 33.4 Å². The number of aromatic nitrogens is 1. The second-order valence-electron chi connectivity index (χ2n) is 6.59. The van der Waals surface area contributed by atoms with Crippen molar-refractivity contribution in [3.05, 3.63) is 71.9 Å². The van der Waals surface area contributed by atoms with E-state index < -0.39 is 0 Å². The van der Waals surface area contributed by atoms with Crippen molar-refractivity contribution in [2.24, 2.45) is 0 Å². The normalized spacial score (nSPS) is 13.7. The number of rotatable bonds is 0. The predicted molar refractivity (Wildman–Crippen MR) is 95.6 cm³/mol. The van der Waals surface area contributed by atoms with Gasteiger partial charge >= 0.3 is 0 Å². The minimum atomic E-state index is 1.11. The highest BCUT2D eigenvalue weighted by atomic mass is 14.7. The van der Waals surface area contributed by atoms with Crippen molar-refractivity contribution in [3.63, 3.8) is 0 Å². The molecule has 0 unspecified atom stereocenters. The molecule has 0 fully saturated rings. The highest BCUT2D eigenvalue weighted by molar-refractivity contribution is 6.14. The molecule has 1 aromatic heterocycles. The Bertz CT molecular complexity index is 1110. The zero-order valence-corrected chi connectivity index (χ0v) is 12.7. The van der Waals surface area contributed by atoms with Crippen molar-refractivity contribution in [1.82, 2.24) is 4.98 Å². The average molecular weight is 293 g/mol. The molecule has 0 spiro atoms. The Morgan fingerprint density at radius 1 is 0.609 bits per heavy atom. The molecule has 0 aliphatic heterocycles. The lowest BCUT2D eigenvalue weighted by atomic mass is 9.84. The van der Waals surface area contributed by atoms with Crippen molar-refractivity contribution < 1.29 is 0 Å². The van der Waals surface area contributed by atoms with Crippen LogP contribution in [0.25, 0.3) is 44.3 Å². The summed E-state index contributed by atoms with van der Waals surface area (Å²) < 4.78 is 0. The van der Waals surface area contributed by atoms with E-state index in [-0.39, 0.29) is 0 Å². The standard InChI is InChI=1S/C22H15N/c1-2-7-15-14(6-1)16-8-3-5-13-11-12-19-22(20(13)16)21-17(15)9-4-10-18(21)23-19/h1-10,23H,11-12H2. The lowest BCUT2D eigenvalue weighted by molar-refractivity contribution is 0.915. The van der Waals surface area contributed by atoms with Gasteiger partial charge in [-0.15, -0.1) is 0 Å². The first-order valence-electron chi connectivity index (χ1n) is 8.27. The molecule has 6 rings (SSSR count). The number of H-pyrrole nitrogens is 1. The van der Waals surface area contributed by atoms with Crippen LogP contribution in [0.1, 0.15) is 11.3 Å². The molecule has 0 radical (unpaired) electrons. The van der Waals surface area contributed by atoms with Gasteiger partial charge in [-0.3, -0.25) is 0 Å². The van der Waals surface area contributed by atoms with Crippen molar-refractivity contribution in [1.29, 1.82) is 0 Å². The van der Waals surface area contributed by atoms with E-state index in [0.717, 1.165) is 12.8 Å². The number of fused-ring (bicyclic) bond motifs is 3. The summed E-state index contributed by atoms with van der Waals surface area (Å²) in [5.74, 6) is 0. The summed E-state index contributed by atoms with van der Waals surface area (Å²) in [6, 6.07) is 22.3. The van der Waals surface area contributed by atoms with Gasteiger partial charge in [0.1, 0.15) is 0 Å². The molecule has 2 aliphatic carbocycles. The summed E-state index contributed by atoms with van der Waals surface area (Å²) in [7, 11) is 0. The second-order valence-corrected chi connectivity index (χ2v) is 6.59. The smallest absolute Gasteiger partial charge is 0.0468 e. The molecule has 1 heteroatoms. The zero-order valence-electron chi connectivity index (χ0n) is 12.7. The van der Waals surface area contributed by atoms with E-state index in [2.05, 4.69) is 65.6 Å². The van der Waals surface area contributed by atoms with E-state index in [1.54, 1.807) is 0 Å². The van der Waals surface area contributed by atoms with E-state index in [1.807, 2.05) is 0 Å². The van der Waals surface area contributed by atoms with Gasteiger partial charge in [0.15, 0.2) is 0 Å². The molecule has 0 atom stereocenters. The van der Waals surface area contributed by atoms with E-state index in [9.17, 15) is 0 Å². The van der Waals surface area contributed by atoms with Gasteiger partial charge in [-0.25, -0.2) is 0 Å². The third-order valence-electron chi connectivity index (χ3n) is 5.45. The molecule has 23 heavy (non-hydrogen) atoms. The molecule has 3 aromatic carbocycles. The predicted octanol–water partition coefficient (Wildman–Crippen LogP) is 5.58. The molecular weight excluding hydrogens is 278 g/mol. The van der Waals surface area contributed by atoms with Crippen LogP contribution in [0.2, 0.25) is 0 Å². The Morgan fingerprint density at radius 2 is 1.35 bits per heavy atom. The third-order valence-corrected chi connectivity index (χ3v) is 5.45. The van der Waals surface area contributed by atoms with Gasteiger partial charge in [-0.05, 0) is 52.3 Å². The van der Waals surface area contributed by atoms with Crippen molar-refractivity contribution in [2.75, 3.05) is 0 Å². The van der Waals surface area contributed by atoms with Crippen molar-refractivity contribution in [2.45, 2.75) is 12.8 Å². The van der Waals surface area contributed by atoms with Crippen LogP contribution in [0.5, 0.6) is 0 Å². The van der Waals surface area contributed by atoms with Crippen LogP contribution in [0.15, 0.2) is 60.7 Å². The van der Waals surface area contributed by atoms with Crippen LogP contribution in [0.4, 0.5) is 0 Å². The minimum absolute atomic E-state index is 1.11. The van der Waals surface area contributed by atoms with Crippen molar-refractivity contribution >= 4 is 10.9 Å². The Hall–Kier alpha value is -2.80. The van der Waals surface area contributed by atoms with Crippen LogP contribution in [-0.2, 0) is 12.8 Å². The molecule has 0 amide bonds. The molecule has 1 N–H and O–H groups in total. The van der Waals surface area contributed by atoms with Crippen LogP contribution in [-0.4, -0.2) is 4.98 Å². The Morgan fingerprint density at radius 3 is 2.26 bits per heavy atom. The quantitative estimate of drug-likeness (QED) is 0.383. The number of hydrogen-bond acceptors (Lipinski definition) is 0. The summed E-state index contributed by atoms with van der Waals surface area (Å²) in [6.45, 7) is 0. The maximum atomic E-state index is 3.69. The minimum Gasteiger partial charge on any atom is -0.358 e. The zero-order chi connectivity index (χ0) is 15.0. The van der Waals surface area contributed by atoms with E-state index in [4.69, 9.17) is 0 Å². The summed E-state index contributed by atoms with van der Waals surface area (Å²) in [4.78, 5) is 3.69. The first-order valence-corrected chi connectivity index (χ1v) is 8.27. The first-order chi connectivity index (χ1) is 11.4. The van der Waals surface area contributed by atoms with Gasteiger partial charge in [-0.2, -0.15) is 0 Å². The number of nitrogens with one attached hydrogen (secondary N) is 1. The lowest BCUT2D eigenvalue weighted by Gasteiger charge is -2.20. The van der Waals surface area contributed by atoms with Gasteiger partial charge < -0.3 is 4.98 Å². The third kappa shape index (κ3) is 1.34. The van der Waals surface area contributed by atoms with Crippen LogP contribution >= 0.6 is 0 Å². The van der Waals surface area contributed by atoms with Crippen LogP contribution in [0, 0.1) is 0 Å². The summed E-state index contributed by atoms with van der Waals surface area (Å²) in [5, 5.41) is 1.40. The Labute approximate surface area is 134 Å². The van der Waals surface area contributed by atoms with E-state index in [0.29, 0.717) is 0 Å². The topological polar surface area (TPSA) is 15.8 Å². The SMILES string of the molecule is c1ccc2c(c1)-c1cccc3c1-c1c([nH]c4cccc-2c14)CC3. The lowest BCUT2D eigenvalue weighted by Crippen LogP contribution is -2.03. The molecule has 2 aliphatic rings. The number of hydrogen-bond donors (Lipinski definition) is 1. The molecule has 0 saturated heterocycles. The van der Waals surface area contributed by atoms with Gasteiger partial charge in [0.05, 0.1) is 0 Å². The number of benzene rings is 3. The molecule has 0 saturated carbocycles. The molecule has 4 aromatic rings. The fourth-order valence-corrected chi connectivity index (χ4v) is 4.53. The molecular formula is C22H15N. The Balaban J connectivity index is 1.96. The monoisotopic (exact) mass is 293 g/mol. The van der Waals surface area contributed by atoms with Gasteiger partial charge in [0.25, 0.3) is 0 Å².